The van der Waals surface area contributed by atoms with Crippen molar-refractivity contribution in [2.75, 3.05) is 26.2 Å². The van der Waals surface area contributed by atoms with Gasteiger partial charge in [0.05, 0.1) is 17.0 Å². The van der Waals surface area contributed by atoms with Crippen molar-refractivity contribution in [3.8, 4) is 0 Å². The van der Waals surface area contributed by atoms with E-state index in [4.69, 9.17) is 0 Å². The molecule has 4 rings (SSSR count). The minimum atomic E-state index is -0.930. The maximum absolute atomic E-state index is 13.2. The third-order valence-electron chi connectivity index (χ3n) is 5.37. The van der Waals surface area contributed by atoms with Gasteiger partial charge >= 0.3 is 0 Å². The van der Waals surface area contributed by atoms with Crippen LogP contribution in [0.25, 0.3) is 0 Å². The Labute approximate surface area is 182 Å². The smallest absolute Gasteiger partial charge is 0.264 e. The van der Waals surface area contributed by atoms with Crippen LogP contribution < -0.4 is 10.6 Å². The molecule has 2 aromatic rings. The maximum Gasteiger partial charge on any atom is 0.264 e. The molecule has 162 valence electrons. The van der Waals surface area contributed by atoms with Crippen LogP contribution in [0.1, 0.15) is 32.9 Å². The summed E-state index contributed by atoms with van der Waals surface area (Å²) in [6.45, 7) is 1.09. The Hall–Kier alpha value is -3.34. The van der Waals surface area contributed by atoms with E-state index in [1.165, 1.54) is 35.0 Å². The van der Waals surface area contributed by atoms with Gasteiger partial charge in [0.25, 0.3) is 11.8 Å². The highest BCUT2D eigenvalue weighted by Gasteiger charge is 2.39. The Morgan fingerprint density at radius 3 is 2.68 bits per heavy atom. The lowest BCUT2D eigenvalue weighted by molar-refractivity contribution is -0.133. The summed E-state index contributed by atoms with van der Waals surface area (Å²) in [5.74, 6) is -1.28. The summed E-state index contributed by atoms with van der Waals surface area (Å²) in [6.07, 6.45) is 5.39. The molecule has 0 spiro atoms. The number of hydrogen-bond donors (Lipinski definition) is 2. The molecule has 0 saturated carbocycles. The predicted octanol–water partition coefficient (Wildman–Crippen LogP) is -0.100. The van der Waals surface area contributed by atoms with E-state index in [9.17, 15) is 19.2 Å². The van der Waals surface area contributed by atoms with Gasteiger partial charge in [-0.15, -0.1) is 11.3 Å². The van der Waals surface area contributed by atoms with Gasteiger partial charge in [-0.05, 0) is 24.3 Å². The summed E-state index contributed by atoms with van der Waals surface area (Å²) in [5.41, 5.74) is 0.258. The van der Waals surface area contributed by atoms with Gasteiger partial charge in [0.15, 0.2) is 0 Å². The Balaban J connectivity index is 1.55. The van der Waals surface area contributed by atoms with Crippen LogP contribution >= 0.6 is 11.3 Å². The maximum atomic E-state index is 13.2. The number of carbonyl (C=O) groups excluding carboxylic acids is 4. The molecule has 2 fully saturated rings. The fourth-order valence-electron chi connectivity index (χ4n) is 3.74. The standard InChI is InChI=1S/C20H22N6O4S/c27-17-14(3-1-5-23-17)24-18(28)15-11-25(20(30)16-4-2-8-31-16)6-7-26(15)19(29)13-9-21-12-22-10-13/h2,4,8-10,12,14-15H,1,3,5-7,11H2,(H,23,27)(H,24,28)/t14-,15-/m1/s1. The second-order valence-electron chi connectivity index (χ2n) is 7.36. The van der Waals surface area contributed by atoms with E-state index >= 15 is 0 Å². The first-order valence-corrected chi connectivity index (χ1v) is 10.9. The molecule has 2 saturated heterocycles. The van der Waals surface area contributed by atoms with Crippen molar-refractivity contribution in [2.45, 2.75) is 24.9 Å². The Morgan fingerprint density at radius 2 is 1.97 bits per heavy atom. The van der Waals surface area contributed by atoms with E-state index in [1.54, 1.807) is 17.0 Å². The van der Waals surface area contributed by atoms with Crippen LogP contribution in [0.3, 0.4) is 0 Å². The zero-order valence-electron chi connectivity index (χ0n) is 16.7. The van der Waals surface area contributed by atoms with Crippen molar-refractivity contribution < 1.29 is 19.2 Å². The number of nitrogens with zero attached hydrogens (tertiary/aromatic N) is 4. The predicted molar refractivity (Wildman–Crippen MR) is 111 cm³/mol. The van der Waals surface area contributed by atoms with Crippen LogP contribution in [0.4, 0.5) is 0 Å². The van der Waals surface area contributed by atoms with Crippen molar-refractivity contribution in [2.24, 2.45) is 0 Å². The topological polar surface area (TPSA) is 125 Å². The summed E-state index contributed by atoms with van der Waals surface area (Å²) in [4.78, 5) is 62.5. The number of amides is 4. The first-order valence-electron chi connectivity index (χ1n) is 10.0. The Bertz CT molecular complexity index is 967. The first kappa shape index (κ1) is 20.9. The molecular formula is C20H22N6O4S. The van der Waals surface area contributed by atoms with E-state index in [1.807, 2.05) is 5.38 Å². The molecule has 4 heterocycles. The molecule has 2 atom stereocenters. The fraction of sp³-hybridized carbons (Fsp3) is 0.400. The molecule has 31 heavy (non-hydrogen) atoms. The quantitative estimate of drug-likeness (QED) is 0.681. The van der Waals surface area contributed by atoms with Gasteiger partial charge in [0.1, 0.15) is 18.4 Å². The lowest BCUT2D eigenvalue weighted by Gasteiger charge is -2.41. The lowest BCUT2D eigenvalue weighted by atomic mass is 10.0. The van der Waals surface area contributed by atoms with Crippen molar-refractivity contribution in [1.29, 1.82) is 0 Å². The van der Waals surface area contributed by atoms with Crippen molar-refractivity contribution in [3.05, 3.63) is 46.7 Å². The van der Waals surface area contributed by atoms with Crippen molar-refractivity contribution >= 4 is 35.0 Å². The number of rotatable bonds is 4. The summed E-state index contributed by atoms with van der Waals surface area (Å²) >= 11 is 1.33. The zero-order chi connectivity index (χ0) is 21.8. The summed E-state index contributed by atoms with van der Waals surface area (Å²) in [5, 5.41) is 7.30. The van der Waals surface area contributed by atoms with Crippen LogP contribution in [-0.2, 0) is 9.59 Å². The highest BCUT2D eigenvalue weighted by Crippen LogP contribution is 2.19. The molecule has 0 bridgehead atoms. The number of carbonyl (C=O) groups is 4. The average Bonchev–Trinajstić information content (AvgIpc) is 3.35. The van der Waals surface area contributed by atoms with Crippen molar-refractivity contribution in [3.63, 3.8) is 0 Å². The summed E-state index contributed by atoms with van der Waals surface area (Å²) in [6, 6.07) is 1.94. The normalized spacial score (nSPS) is 21.4. The van der Waals surface area contributed by atoms with Gasteiger partial charge in [0.2, 0.25) is 11.8 Å². The van der Waals surface area contributed by atoms with E-state index in [2.05, 4.69) is 20.6 Å². The van der Waals surface area contributed by atoms with E-state index < -0.39 is 23.9 Å². The molecule has 4 amide bonds. The number of piperazine rings is 1. The number of nitrogens with one attached hydrogen (secondary N) is 2. The van der Waals surface area contributed by atoms with Crippen LogP contribution in [0.5, 0.6) is 0 Å². The summed E-state index contributed by atoms with van der Waals surface area (Å²) in [7, 11) is 0. The third kappa shape index (κ3) is 4.55. The van der Waals surface area contributed by atoms with Gasteiger partial charge in [-0.1, -0.05) is 6.07 Å². The van der Waals surface area contributed by atoms with Gasteiger partial charge in [-0.25, -0.2) is 9.97 Å². The first-order chi connectivity index (χ1) is 15.0. The molecule has 0 aromatic carbocycles. The molecule has 10 nitrogen and oxygen atoms in total. The molecule has 2 N–H and O–H groups in total. The zero-order valence-corrected chi connectivity index (χ0v) is 17.5. The van der Waals surface area contributed by atoms with Gasteiger partial charge in [-0.2, -0.15) is 0 Å². The van der Waals surface area contributed by atoms with Gasteiger partial charge in [0, 0.05) is 32.0 Å². The van der Waals surface area contributed by atoms with E-state index in [-0.39, 0.29) is 30.5 Å². The summed E-state index contributed by atoms with van der Waals surface area (Å²) < 4.78 is 0. The molecule has 11 heteroatoms. The largest absolute Gasteiger partial charge is 0.354 e. The van der Waals surface area contributed by atoms with Crippen molar-refractivity contribution in [1.82, 2.24) is 30.4 Å². The van der Waals surface area contributed by atoms with E-state index in [0.717, 1.165) is 6.42 Å². The Kier molecular flexibility index (Phi) is 6.21. The van der Waals surface area contributed by atoms with Crippen LogP contribution in [0, 0.1) is 0 Å². The highest BCUT2D eigenvalue weighted by molar-refractivity contribution is 7.12. The van der Waals surface area contributed by atoms with Gasteiger partial charge < -0.3 is 20.4 Å². The number of aromatic nitrogens is 2. The molecule has 2 aliphatic rings. The minimum Gasteiger partial charge on any atom is -0.354 e. The van der Waals surface area contributed by atoms with Crippen LogP contribution in [0.15, 0.2) is 36.2 Å². The number of hydrogen-bond acceptors (Lipinski definition) is 7. The number of piperidine rings is 1. The lowest BCUT2D eigenvalue weighted by Crippen LogP contribution is -2.63. The highest BCUT2D eigenvalue weighted by atomic mass is 32.1. The van der Waals surface area contributed by atoms with Gasteiger partial charge in [-0.3, -0.25) is 19.2 Å². The fourth-order valence-corrected chi connectivity index (χ4v) is 4.43. The van der Waals surface area contributed by atoms with Crippen LogP contribution in [-0.4, -0.2) is 81.7 Å². The molecule has 0 aliphatic carbocycles. The molecule has 2 aromatic heterocycles. The molecule has 2 aliphatic heterocycles. The van der Waals surface area contributed by atoms with Crippen LogP contribution in [0.2, 0.25) is 0 Å². The Morgan fingerprint density at radius 1 is 1.16 bits per heavy atom. The average molecular weight is 443 g/mol. The second-order valence-corrected chi connectivity index (χ2v) is 8.31. The molecular weight excluding hydrogens is 420 g/mol. The SMILES string of the molecule is O=C(N[C@@H]1CCCNC1=O)[C@H]1CN(C(=O)c2cccs2)CCN1C(=O)c1cncnc1. The second kappa shape index (κ2) is 9.21. The molecule has 0 radical (unpaired) electrons. The third-order valence-corrected chi connectivity index (χ3v) is 6.23. The monoisotopic (exact) mass is 442 g/mol. The minimum absolute atomic E-state index is 0.0380. The molecule has 0 unspecified atom stereocenters. The number of thiophene rings is 1. The van der Waals surface area contributed by atoms with E-state index in [0.29, 0.717) is 24.4 Å².